The molecular weight excluding hydrogens is 324 g/mol. The Morgan fingerprint density at radius 1 is 0.880 bits per heavy atom. The third kappa shape index (κ3) is 4.64. The number of carbonyl (C=O) groups is 1. The number of benzene rings is 3. The number of amides is 1. The van der Waals surface area contributed by atoms with Crippen molar-refractivity contribution in [1.29, 1.82) is 0 Å². The highest BCUT2D eigenvalue weighted by molar-refractivity contribution is 6.04. The van der Waals surface area contributed by atoms with Crippen LogP contribution in [-0.2, 0) is 6.61 Å². The van der Waals surface area contributed by atoms with E-state index in [0.29, 0.717) is 12.2 Å². The summed E-state index contributed by atoms with van der Waals surface area (Å²) in [7, 11) is 0. The number of nitrogens with one attached hydrogen (secondary N) is 1. The molecule has 0 aliphatic carbocycles. The lowest BCUT2D eigenvalue weighted by atomic mass is 10.1. The number of carbonyl (C=O) groups excluding carboxylic acids is 1. The topological polar surface area (TPSA) is 38.3 Å². The average Bonchev–Trinajstić information content (AvgIpc) is 2.60. The van der Waals surface area contributed by atoms with Gasteiger partial charge in [-0.2, -0.15) is 0 Å². The van der Waals surface area contributed by atoms with Crippen LogP contribution in [-0.4, -0.2) is 5.91 Å². The standard InChI is InChI=1S/C20H15F2NO2/c21-16-10-17(22)12-18(11-16)23-20(24)15-8-6-14(7-9-15)13-25-19-4-2-1-3-5-19/h1-12H,13H2,(H,23,24). The SMILES string of the molecule is O=C(Nc1cc(F)cc(F)c1)c1ccc(COc2ccccc2)cc1. The van der Waals surface area contributed by atoms with Crippen molar-refractivity contribution in [2.75, 3.05) is 5.32 Å². The average molecular weight is 339 g/mol. The molecule has 5 heteroatoms. The van der Waals surface area contributed by atoms with Gasteiger partial charge in [-0.3, -0.25) is 4.79 Å². The minimum Gasteiger partial charge on any atom is -0.489 e. The number of hydrogen-bond acceptors (Lipinski definition) is 2. The molecule has 0 aromatic heterocycles. The summed E-state index contributed by atoms with van der Waals surface area (Å²) in [4.78, 5) is 12.1. The lowest BCUT2D eigenvalue weighted by Crippen LogP contribution is -2.12. The molecule has 0 aliphatic heterocycles. The number of hydrogen-bond donors (Lipinski definition) is 1. The van der Waals surface area contributed by atoms with E-state index in [1.54, 1.807) is 24.3 Å². The molecule has 0 aliphatic rings. The molecule has 0 spiro atoms. The second kappa shape index (κ2) is 7.57. The maximum Gasteiger partial charge on any atom is 0.255 e. The lowest BCUT2D eigenvalue weighted by molar-refractivity contribution is 0.102. The number of para-hydroxylation sites is 1. The highest BCUT2D eigenvalue weighted by atomic mass is 19.1. The van der Waals surface area contributed by atoms with E-state index in [1.165, 1.54) is 0 Å². The molecule has 1 N–H and O–H groups in total. The van der Waals surface area contributed by atoms with E-state index in [9.17, 15) is 13.6 Å². The number of ether oxygens (including phenoxy) is 1. The second-order valence-electron chi connectivity index (χ2n) is 5.41. The molecule has 0 saturated heterocycles. The van der Waals surface area contributed by atoms with Crippen LogP contribution in [0, 0.1) is 11.6 Å². The predicted molar refractivity (Wildman–Crippen MR) is 91.5 cm³/mol. The van der Waals surface area contributed by atoms with Crippen LogP contribution in [0.25, 0.3) is 0 Å². The van der Waals surface area contributed by atoms with E-state index in [1.807, 2.05) is 30.3 Å². The Bertz CT molecular complexity index is 844. The van der Waals surface area contributed by atoms with E-state index >= 15 is 0 Å². The van der Waals surface area contributed by atoms with Gasteiger partial charge < -0.3 is 10.1 Å². The van der Waals surface area contributed by atoms with Gasteiger partial charge in [0.15, 0.2) is 0 Å². The minimum absolute atomic E-state index is 0.0685. The fourth-order valence-electron chi connectivity index (χ4n) is 2.26. The monoisotopic (exact) mass is 339 g/mol. The predicted octanol–water partition coefficient (Wildman–Crippen LogP) is 4.80. The fourth-order valence-corrected chi connectivity index (χ4v) is 2.26. The van der Waals surface area contributed by atoms with E-state index in [-0.39, 0.29) is 5.69 Å². The van der Waals surface area contributed by atoms with Gasteiger partial charge in [-0.15, -0.1) is 0 Å². The van der Waals surface area contributed by atoms with Crippen molar-refractivity contribution in [3.05, 3.63) is 95.6 Å². The molecule has 0 atom stereocenters. The van der Waals surface area contributed by atoms with Gasteiger partial charge in [-0.1, -0.05) is 30.3 Å². The summed E-state index contributed by atoms with van der Waals surface area (Å²) < 4.78 is 31.9. The molecule has 25 heavy (non-hydrogen) atoms. The van der Waals surface area contributed by atoms with Gasteiger partial charge in [0.05, 0.1) is 0 Å². The van der Waals surface area contributed by atoms with E-state index in [0.717, 1.165) is 29.5 Å². The molecule has 0 fully saturated rings. The van der Waals surface area contributed by atoms with Crippen LogP contribution in [0.15, 0.2) is 72.8 Å². The third-order valence-electron chi connectivity index (χ3n) is 3.49. The van der Waals surface area contributed by atoms with Crippen molar-refractivity contribution in [3.8, 4) is 5.75 Å². The largest absolute Gasteiger partial charge is 0.489 e. The number of halogens is 2. The molecule has 0 saturated carbocycles. The highest BCUT2D eigenvalue weighted by Gasteiger charge is 2.08. The summed E-state index contributed by atoms with van der Waals surface area (Å²) in [6.07, 6.45) is 0. The zero-order valence-corrected chi connectivity index (χ0v) is 13.2. The molecule has 0 radical (unpaired) electrons. The Morgan fingerprint density at radius 3 is 2.16 bits per heavy atom. The van der Waals surface area contributed by atoms with Gasteiger partial charge in [0.25, 0.3) is 5.91 Å². The van der Waals surface area contributed by atoms with Crippen LogP contribution in [0.2, 0.25) is 0 Å². The molecular formula is C20H15F2NO2. The Morgan fingerprint density at radius 2 is 1.52 bits per heavy atom. The van der Waals surface area contributed by atoms with Crippen LogP contribution in [0.3, 0.4) is 0 Å². The molecule has 126 valence electrons. The van der Waals surface area contributed by atoms with Gasteiger partial charge in [0, 0.05) is 17.3 Å². The molecule has 3 nitrogen and oxygen atoms in total. The summed E-state index contributed by atoms with van der Waals surface area (Å²) >= 11 is 0. The Balaban J connectivity index is 1.62. The van der Waals surface area contributed by atoms with E-state index < -0.39 is 17.5 Å². The first-order chi connectivity index (χ1) is 12.1. The van der Waals surface area contributed by atoms with Crippen molar-refractivity contribution >= 4 is 11.6 Å². The number of anilines is 1. The first-order valence-electron chi connectivity index (χ1n) is 7.64. The summed E-state index contributed by atoms with van der Waals surface area (Å²) in [5.74, 6) is -1.18. The maximum atomic E-state index is 13.2. The van der Waals surface area contributed by atoms with Crippen LogP contribution < -0.4 is 10.1 Å². The van der Waals surface area contributed by atoms with Crippen LogP contribution in [0.4, 0.5) is 14.5 Å². The van der Waals surface area contributed by atoms with Crippen molar-refractivity contribution in [1.82, 2.24) is 0 Å². The maximum absolute atomic E-state index is 13.2. The van der Waals surface area contributed by atoms with Crippen LogP contribution >= 0.6 is 0 Å². The van der Waals surface area contributed by atoms with Gasteiger partial charge in [-0.05, 0) is 42.0 Å². The van der Waals surface area contributed by atoms with Gasteiger partial charge >= 0.3 is 0 Å². The number of rotatable bonds is 5. The molecule has 3 aromatic carbocycles. The van der Waals surface area contributed by atoms with Crippen molar-refractivity contribution < 1.29 is 18.3 Å². The minimum atomic E-state index is -0.747. The normalized spacial score (nSPS) is 10.3. The van der Waals surface area contributed by atoms with Crippen LogP contribution in [0.1, 0.15) is 15.9 Å². The fraction of sp³-hybridized carbons (Fsp3) is 0.0500. The first-order valence-corrected chi connectivity index (χ1v) is 7.64. The van der Waals surface area contributed by atoms with Crippen molar-refractivity contribution in [3.63, 3.8) is 0 Å². The summed E-state index contributed by atoms with van der Waals surface area (Å²) in [6.45, 7) is 0.376. The Hall–Kier alpha value is -3.21. The molecule has 3 aromatic rings. The summed E-state index contributed by atoms with van der Waals surface area (Å²) in [5.41, 5.74) is 1.35. The Labute approximate surface area is 143 Å². The first kappa shape index (κ1) is 16.6. The zero-order chi connectivity index (χ0) is 17.6. The molecule has 3 rings (SSSR count). The summed E-state index contributed by atoms with van der Waals surface area (Å²) in [6, 6.07) is 19.1. The highest BCUT2D eigenvalue weighted by Crippen LogP contribution is 2.15. The molecule has 0 heterocycles. The second-order valence-corrected chi connectivity index (χ2v) is 5.41. The van der Waals surface area contributed by atoms with E-state index in [2.05, 4.69) is 5.32 Å². The van der Waals surface area contributed by atoms with Gasteiger partial charge in [0.2, 0.25) is 0 Å². The Kier molecular flexibility index (Phi) is 5.04. The van der Waals surface area contributed by atoms with Crippen LogP contribution in [0.5, 0.6) is 5.75 Å². The summed E-state index contributed by atoms with van der Waals surface area (Å²) in [5, 5.41) is 2.47. The lowest BCUT2D eigenvalue weighted by Gasteiger charge is -2.08. The zero-order valence-electron chi connectivity index (χ0n) is 13.2. The molecule has 0 bridgehead atoms. The smallest absolute Gasteiger partial charge is 0.255 e. The van der Waals surface area contributed by atoms with Gasteiger partial charge in [-0.25, -0.2) is 8.78 Å². The molecule has 0 unspecified atom stereocenters. The molecule has 1 amide bonds. The van der Waals surface area contributed by atoms with E-state index in [4.69, 9.17) is 4.74 Å². The quantitative estimate of drug-likeness (QED) is 0.725. The third-order valence-corrected chi connectivity index (χ3v) is 3.49. The van der Waals surface area contributed by atoms with Crippen molar-refractivity contribution in [2.45, 2.75) is 6.61 Å². The van der Waals surface area contributed by atoms with Crippen molar-refractivity contribution in [2.24, 2.45) is 0 Å². The van der Waals surface area contributed by atoms with Gasteiger partial charge in [0.1, 0.15) is 24.0 Å².